The van der Waals surface area contributed by atoms with E-state index >= 15 is 0 Å². The van der Waals surface area contributed by atoms with Crippen molar-refractivity contribution in [2.24, 2.45) is 0 Å². The van der Waals surface area contributed by atoms with Gasteiger partial charge in [0.25, 0.3) is 0 Å². The molecule has 0 spiro atoms. The van der Waals surface area contributed by atoms with Crippen LogP contribution < -0.4 is 0 Å². The van der Waals surface area contributed by atoms with Crippen LogP contribution in [-0.4, -0.2) is 42.6 Å². The molecular formula is C12H24INO4S. The Morgan fingerprint density at radius 2 is 1.89 bits per heavy atom. The summed E-state index contributed by atoms with van der Waals surface area (Å²) < 4.78 is 10.6. The van der Waals surface area contributed by atoms with Crippen molar-refractivity contribution in [3.63, 3.8) is 0 Å². The Balaban J connectivity index is 0. The van der Waals surface area contributed by atoms with Gasteiger partial charge in [-0.3, -0.25) is 0 Å². The minimum atomic E-state index is -0.423. The summed E-state index contributed by atoms with van der Waals surface area (Å²) >= 11 is 2.08. The smallest absolute Gasteiger partial charge is 0.410 e. The molecule has 0 bridgehead atoms. The summed E-state index contributed by atoms with van der Waals surface area (Å²) in [5.74, 6) is 0. The number of rotatable bonds is 2. The minimum absolute atomic E-state index is 0.138. The Labute approximate surface area is 132 Å². The maximum atomic E-state index is 11.7. The van der Waals surface area contributed by atoms with Crippen molar-refractivity contribution in [3.8, 4) is 0 Å². The number of nitrogens with zero attached hydrogens (tertiary/aromatic N) is 1. The van der Waals surface area contributed by atoms with Crippen LogP contribution in [0.15, 0.2) is 0 Å². The second kappa shape index (κ2) is 11.8. The van der Waals surface area contributed by atoms with E-state index in [2.05, 4.69) is 21.2 Å². The maximum Gasteiger partial charge on any atom is 0.410 e. The molecule has 0 aromatic carbocycles. The summed E-state index contributed by atoms with van der Waals surface area (Å²) in [6.45, 7) is 13.0. The Kier molecular flexibility index (Phi) is 13.2. The lowest BCUT2D eigenvalue weighted by molar-refractivity contribution is -0.0980. The lowest BCUT2D eigenvalue weighted by Crippen LogP contribution is -2.35. The predicted molar refractivity (Wildman–Crippen MR) is 87.4 cm³/mol. The molecule has 1 amide bonds. The molecule has 0 aromatic heterocycles. The molecule has 1 saturated heterocycles. The normalized spacial score (nSPS) is 17.8. The van der Waals surface area contributed by atoms with Crippen LogP contribution in [0.5, 0.6) is 0 Å². The topological polar surface area (TPSA) is 55.8 Å². The zero-order chi connectivity index (χ0) is 15.5. The van der Waals surface area contributed by atoms with Gasteiger partial charge < -0.3 is 18.6 Å². The number of halogens is 1. The minimum Gasteiger partial charge on any atom is -0.444 e. The fraction of sp³-hybridized carbons (Fsp3) is 0.833. The third-order valence-electron chi connectivity index (χ3n) is 1.97. The maximum absolute atomic E-state index is 11.7. The van der Waals surface area contributed by atoms with Gasteiger partial charge in [-0.15, -0.1) is 0 Å². The van der Waals surface area contributed by atoms with E-state index in [4.69, 9.17) is 13.7 Å². The highest BCUT2D eigenvalue weighted by atomic mass is 127. The average molecular weight is 405 g/mol. The van der Waals surface area contributed by atoms with Crippen LogP contribution in [0.25, 0.3) is 0 Å². The van der Waals surface area contributed by atoms with Gasteiger partial charge >= 0.3 is 6.09 Å². The third-order valence-corrected chi connectivity index (χ3v) is 2.94. The van der Waals surface area contributed by atoms with Gasteiger partial charge in [-0.05, 0) is 27.2 Å². The molecule has 1 heterocycles. The molecule has 1 unspecified atom stereocenters. The Morgan fingerprint density at radius 1 is 1.37 bits per heavy atom. The molecule has 0 saturated carbocycles. The van der Waals surface area contributed by atoms with Crippen LogP contribution in [0.1, 0.15) is 41.0 Å². The van der Waals surface area contributed by atoms with E-state index in [0.717, 1.165) is 13.0 Å². The summed E-state index contributed by atoms with van der Waals surface area (Å²) in [4.78, 5) is 21.3. The van der Waals surface area contributed by atoms with E-state index < -0.39 is 5.60 Å². The number of likely N-dealkylation sites (tertiary alicyclic amines) is 1. The fourth-order valence-corrected chi connectivity index (χ4v) is 2.49. The van der Waals surface area contributed by atoms with Crippen molar-refractivity contribution in [3.05, 3.63) is 0 Å². The number of amides is 1. The van der Waals surface area contributed by atoms with Crippen LogP contribution in [0.4, 0.5) is 4.79 Å². The highest BCUT2D eigenvalue weighted by Gasteiger charge is 2.30. The summed E-state index contributed by atoms with van der Waals surface area (Å²) in [7, 11) is 1.32. The Hall–Kier alpha value is -0.0200. The van der Waals surface area contributed by atoms with Crippen LogP contribution in [0.2, 0.25) is 0 Å². The van der Waals surface area contributed by atoms with Gasteiger partial charge in [-0.1, -0.05) is 13.8 Å². The van der Waals surface area contributed by atoms with E-state index in [1.165, 1.54) is 9.21 Å². The average Bonchev–Trinajstić information content (AvgIpc) is 2.81. The van der Waals surface area contributed by atoms with E-state index in [9.17, 15) is 4.79 Å². The summed E-state index contributed by atoms with van der Waals surface area (Å²) in [5.41, 5.74) is -0.423. The first-order chi connectivity index (χ1) is 8.92. The number of ether oxygens (including phenoxy) is 1. The largest absolute Gasteiger partial charge is 0.444 e. The highest BCUT2D eigenvalue weighted by Crippen LogP contribution is 2.23. The predicted octanol–water partition coefficient (Wildman–Crippen LogP) is 3.85. The van der Waals surface area contributed by atoms with Gasteiger partial charge in [-0.2, -0.15) is 0 Å². The molecule has 1 aliphatic rings. The first-order valence-corrected chi connectivity index (χ1v) is 9.41. The van der Waals surface area contributed by atoms with Crippen molar-refractivity contribution < 1.29 is 18.5 Å². The molecule has 7 heteroatoms. The van der Waals surface area contributed by atoms with Crippen LogP contribution in [0.3, 0.4) is 0 Å². The van der Waals surface area contributed by atoms with E-state index in [0.29, 0.717) is 6.54 Å². The molecule has 114 valence electrons. The summed E-state index contributed by atoms with van der Waals surface area (Å²) in [6, 6.07) is 0. The first-order valence-electron chi connectivity index (χ1n) is 6.13. The second-order valence-corrected chi connectivity index (χ2v) is 5.89. The Morgan fingerprint density at radius 3 is 2.32 bits per heavy atom. The fourth-order valence-electron chi connectivity index (χ4n) is 1.35. The van der Waals surface area contributed by atoms with Gasteiger partial charge in [0.05, 0.1) is 21.9 Å². The van der Waals surface area contributed by atoms with Gasteiger partial charge in [-0.25, -0.2) is 4.79 Å². The van der Waals surface area contributed by atoms with Gasteiger partial charge in [0.15, 0.2) is 0 Å². The highest BCUT2D eigenvalue weighted by molar-refractivity contribution is 14.2. The summed E-state index contributed by atoms with van der Waals surface area (Å²) in [5, 5.41) is 0. The molecule has 1 rings (SSSR count). The first kappa shape index (κ1) is 21.3. The van der Waals surface area contributed by atoms with Crippen molar-refractivity contribution in [1.29, 1.82) is 0 Å². The zero-order valence-electron chi connectivity index (χ0n) is 12.3. The van der Waals surface area contributed by atoms with Crippen molar-refractivity contribution in [2.45, 2.75) is 52.7 Å². The number of hydrogen-bond donors (Lipinski definition) is 0. The molecule has 0 N–H and O–H groups in total. The van der Waals surface area contributed by atoms with E-state index in [-0.39, 0.29) is 12.2 Å². The lowest BCUT2D eigenvalue weighted by Gasteiger charge is -2.24. The monoisotopic (exact) mass is 405 g/mol. The molecule has 5 nitrogen and oxygen atoms in total. The summed E-state index contributed by atoms with van der Waals surface area (Å²) in [6.07, 6.45) is 0.779. The standard InChI is InChI=1S/C9H16INO3S.C2H6.CH2O/c1-9(2,3)13-8(12)11-5-4-7(6-11)14-15-10;2*1-2/h7H,4-6H2,1-3H3;1-2H3;1H2. The van der Waals surface area contributed by atoms with Gasteiger partial charge in [0, 0.05) is 27.8 Å². The molecule has 1 atom stereocenters. The van der Waals surface area contributed by atoms with Crippen molar-refractivity contribution >= 4 is 43.3 Å². The molecule has 1 fully saturated rings. The van der Waals surface area contributed by atoms with E-state index in [1.54, 1.807) is 4.90 Å². The molecule has 0 aromatic rings. The van der Waals surface area contributed by atoms with Crippen LogP contribution in [0, 0.1) is 0 Å². The van der Waals surface area contributed by atoms with E-state index in [1.807, 2.05) is 41.4 Å². The molecule has 0 aliphatic carbocycles. The number of carbonyl (C=O) groups is 2. The third kappa shape index (κ3) is 10.4. The number of carbonyl (C=O) groups excluding carboxylic acids is 2. The molecular weight excluding hydrogens is 381 g/mol. The molecule has 1 aliphatic heterocycles. The van der Waals surface area contributed by atoms with Crippen LogP contribution in [-0.2, 0) is 13.7 Å². The van der Waals surface area contributed by atoms with Crippen molar-refractivity contribution in [2.75, 3.05) is 13.1 Å². The van der Waals surface area contributed by atoms with Crippen molar-refractivity contribution in [1.82, 2.24) is 4.90 Å². The molecule has 19 heavy (non-hydrogen) atoms. The molecule has 0 radical (unpaired) electrons. The Bertz CT molecular complexity index is 248. The van der Waals surface area contributed by atoms with Gasteiger partial charge in [0.1, 0.15) is 12.4 Å². The second-order valence-electron chi connectivity index (χ2n) is 4.50. The van der Waals surface area contributed by atoms with Gasteiger partial charge in [0.2, 0.25) is 0 Å². The number of hydrogen-bond acceptors (Lipinski definition) is 5. The quantitative estimate of drug-likeness (QED) is 0.516. The lowest BCUT2D eigenvalue weighted by atomic mass is 10.2. The SMILES string of the molecule is C=O.CC.CC(C)(C)OC(=O)N1CCC(OSI)C1. The van der Waals surface area contributed by atoms with Crippen LogP contribution >= 0.6 is 30.4 Å². The zero-order valence-corrected chi connectivity index (χ0v) is 15.2.